The zero-order chi connectivity index (χ0) is 21.6. The van der Waals surface area contributed by atoms with E-state index in [1.807, 2.05) is 49.4 Å². The molecule has 1 saturated heterocycles. The first-order chi connectivity index (χ1) is 14.5. The fourth-order valence-corrected chi connectivity index (χ4v) is 4.20. The number of benzene rings is 2. The first-order valence-corrected chi connectivity index (χ1v) is 10.6. The molecule has 1 aliphatic heterocycles. The maximum Gasteiger partial charge on any atom is 0.312 e. The summed E-state index contributed by atoms with van der Waals surface area (Å²) in [5.74, 6) is 0.774. The second-order valence-electron chi connectivity index (χ2n) is 8.06. The third kappa shape index (κ3) is 5.28. The second-order valence-corrected chi connectivity index (χ2v) is 8.06. The molecule has 0 unspecified atom stereocenters. The molecule has 160 valence electrons. The number of esters is 1. The lowest BCUT2D eigenvalue weighted by Crippen LogP contribution is -2.46. The summed E-state index contributed by atoms with van der Waals surface area (Å²) in [6.45, 7) is 6.24. The van der Waals surface area contributed by atoms with E-state index in [1.165, 1.54) is 0 Å². The van der Waals surface area contributed by atoms with E-state index in [0.29, 0.717) is 13.0 Å². The van der Waals surface area contributed by atoms with Crippen LogP contribution in [-0.2, 0) is 22.5 Å². The van der Waals surface area contributed by atoms with Gasteiger partial charge in [-0.25, -0.2) is 0 Å². The van der Waals surface area contributed by atoms with E-state index in [4.69, 9.17) is 9.47 Å². The third-order valence-electron chi connectivity index (χ3n) is 5.94. The topological polar surface area (TPSA) is 55.8 Å². The van der Waals surface area contributed by atoms with E-state index in [1.54, 1.807) is 14.0 Å². The van der Waals surface area contributed by atoms with Gasteiger partial charge in [-0.05, 0) is 75.5 Å². The summed E-state index contributed by atoms with van der Waals surface area (Å²) in [4.78, 5) is 27.0. The van der Waals surface area contributed by atoms with Crippen molar-refractivity contribution in [1.82, 2.24) is 4.90 Å². The Morgan fingerprint density at radius 1 is 1.03 bits per heavy atom. The molecule has 2 aromatic carbocycles. The molecule has 1 aliphatic rings. The maximum atomic E-state index is 13.0. The van der Waals surface area contributed by atoms with Gasteiger partial charge in [-0.1, -0.05) is 30.3 Å². The van der Waals surface area contributed by atoms with Crippen LogP contribution in [0.2, 0.25) is 0 Å². The summed E-state index contributed by atoms with van der Waals surface area (Å²) < 4.78 is 10.8. The molecule has 0 atom stereocenters. The largest absolute Gasteiger partial charge is 0.497 e. The Labute approximate surface area is 179 Å². The summed E-state index contributed by atoms with van der Waals surface area (Å²) in [5.41, 5.74) is 2.44. The van der Waals surface area contributed by atoms with Crippen molar-refractivity contribution in [2.24, 2.45) is 5.41 Å². The van der Waals surface area contributed by atoms with E-state index < -0.39 is 5.41 Å². The Hall–Kier alpha value is -2.66. The molecule has 0 amide bonds. The Bertz CT molecular complexity index is 884. The number of Topliss-reactive ketones (excluding diaryl/α,β-unsaturated/α-hetero) is 1. The van der Waals surface area contributed by atoms with Crippen molar-refractivity contribution in [3.05, 3.63) is 65.2 Å². The standard InChI is InChI=1S/C25H31NO4/c1-4-30-24(28)25(17-20-7-6-10-23(16-20)29-3)11-13-26(14-12-25)18-21-8-5-9-22(15-21)19(2)27/h5-10,15-16H,4,11-14,17-18H2,1-3H3. The summed E-state index contributed by atoms with van der Waals surface area (Å²) in [7, 11) is 1.65. The van der Waals surface area contributed by atoms with Crippen LogP contribution in [0.15, 0.2) is 48.5 Å². The van der Waals surface area contributed by atoms with Gasteiger partial charge in [-0.3, -0.25) is 14.5 Å². The van der Waals surface area contributed by atoms with Gasteiger partial charge < -0.3 is 9.47 Å². The van der Waals surface area contributed by atoms with E-state index in [9.17, 15) is 9.59 Å². The Kier molecular flexibility index (Phi) is 7.27. The maximum absolute atomic E-state index is 13.0. The molecule has 30 heavy (non-hydrogen) atoms. The van der Waals surface area contributed by atoms with Crippen LogP contribution >= 0.6 is 0 Å². The number of likely N-dealkylation sites (tertiary alicyclic amines) is 1. The average Bonchev–Trinajstić information content (AvgIpc) is 2.75. The highest BCUT2D eigenvalue weighted by molar-refractivity contribution is 5.94. The highest BCUT2D eigenvalue weighted by Gasteiger charge is 2.42. The van der Waals surface area contributed by atoms with Crippen molar-refractivity contribution in [1.29, 1.82) is 0 Å². The lowest BCUT2D eigenvalue weighted by atomic mass is 9.73. The highest BCUT2D eigenvalue weighted by atomic mass is 16.5. The number of ketones is 1. The van der Waals surface area contributed by atoms with Crippen LogP contribution in [0.3, 0.4) is 0 Å². The fraction of sp³-hybridized carbons (Fsp3) is 0.440. The normalized spacial score (nSPS) is 16.1. The van der Waals surface area contributed by atoms with Gasteiger partial charge in [-0.2, -0.15) is 0 Å². The molecule has 1 fully saturated rings. The van der Waals surface area contributed by atoms with Crippen LogP contribution in [-0.4, -0.2) is 43.5 Å². The zero-order valence-corrected chi connectivity index (χ0v) is 18.1. The van der Waals surface area contributed by atoms with E-state index in [-0.39, 0.29) is 11.8 Å². The van der Waals surface area contributed by atoms with E-state index in [0.717, 1.165) is 54.9 Å². The van der Waals surface area contributed by atoms with Gasteiger partial charge in [0, 0.05) is 12.1 Å². The van der Waals surface area contributed by atoms with Crippen molar-refractivity contribution in [3.63, 3.8) is 0 Å². The Morgan fingerprint density at radius 2 is 1.73 bits per heavy atom. The van der Waals surface area contributed by atoms with Gasteiger partial charge >= 0.3 is 5.97 Å². The average molecular weight is 410 g/mol. The molecule has 0 saturated carbocycles. The van der Waals surface area contributed by atoms with Crippen molar-refractivity contribution >= 4 is 11.8 Å². The number of methoxy groups -OCH3 is 1. The van der Waals surface area contributed by atoms with Crippen molar-refractivity contribution in [2.75, 3.05) is 26.8 Å². The number of carbonyl (C=O) groups is 2. The number of hydrogen-bond donors (Lipinski definition) is 0. The minimum Gasteiger partial charge on any atom is -0.497 e. The second kappa shape index (κ2) is 9.90. The quantitative estimate of drug-likeness (QED) is 0.481. The summed E-state index contributed by atoms with van der Waals surface area (Å²) in [6, 6.07) is 15.7. The Balaban J connectivity index is 1.72. The number of rotatable bonds is 8. The zero-order valence-electron chi connectivity index (χ0n) is 18.1. The van der Waals surface area contributed by atoms with Gasteiger partial charge in [0.1, 0.15) is 5.75 Å². The van der Waals surface area contributed by atoms with Crippen molar-refractivity contribution in [3.8, 4) is 5.75 Å². The monoisotopic (exact) mass is 409 g/mol. The van der Waals surface area contributed by atoms with E-state index in [2.05, 4.69) is 11.0 Å². The van der Waals surface area contributed by atoms with Gasteiger partial charge in [0.2, 0.25) is 0 Å². The van der Waals surface area contributed by atoms with Gasteiger partial charge in [0.15, 0.2) is 5.78 Å². The summed E-state index contributed by atoms with van der Waals surface area (Å²) in [6.07, 6.45) is 2.14. The molecule has 5 heteroatoms. The van der Waals surface area contributed by atoms with Crippen molar-refractivity contribution < 1.29 is 19.1 Å². The lowest BCUT2D eigenvalue weighted by molar-refractivity contribution is -0.158. The summed E-state index contributed by atoms with van der Waals surface area (Å²) >= 11 is 0. The summed E-state index contributed by atoms with van der Waals surface area (Å²) in [5, 5.41) is 0. The van der Waals surface area contributed by atoms with Crippen LogP contribution in [0.4, 0.5) is 0 Å². The first kappa shape index (κ1) is 22.0. The SMILES string of the molecule is CCOC(=O)C1(Cc2cccc(OC)c2)CCN(Cc2cccc(C(C)=O)c2)CC1. The van der Waals surface area contributed by atoms with Gasteiger partial charge in [0.25, 0.3) is 0 Å². The smallest absolute Gasteiger partial charge is 0.312 e. The number of carbonyl (C=O) groups excluding carboxylic acids is 2. The van der Waals surface area contributed by atoms with Gasteiger partial charge in [0.05, 0.1) is 19.1 Å². The minimum atomic E-state index is -0.514. The molecule has 1 heterocycles. The van der Waals surface area contributed by atoms with Crippen LogP contribution in [0.25, 0.3) is 0 Å². The molecule has 5 nitrogen and oxygen atoms in total. The van der Waals surface area contributed by atoms with Crippen LogP contribution in [0.5, 0.6) is 5.75 Å². The number of ether oxygens (including phenoxy) is 2. The number of hydrogen-bond acceptors (Lipinski definition) is 5. The molecular formula is C25H31NO4. The van der Waals surface area contributed by atoms with Crippen LogP contribution < -0.4 is 4.74 Å². The molecule has 0 aromatic heterocycles. The molecule has 0 spiro atoms. The predicted octanol–water partition coefficient (Wildman–Crippen LogP) is 4.29. The van der Waals surface area contributed by atoms with Gasteiger partial charge in [-0.15, -0.1) is 0 Å². The molecule has 0 aliphatic carbocycles. The first-order valence-electron chi connectivity index (χ1n) is 10.6. The minimum absolute atomic E-state index is 0.0788. The molecule has 0 bridgehead atoms. The van der Waals surface area contributed by atoms with Crippen LogP contribution in [0.1, 0.15) is 48.2 Å². The molecule has 0 N–H and O–H groups in total. The molecular weight excluding hydrogens is 378 g/mol. The molecule has 0 radical (unpaired) electrons. The third-order valence-corrected chi connectivity index (χ3v) is 5.94. The molecule has 3 rings (SSSR count). The number of nitrogens with zero attached hydrogens (tertiary/aromatic N) is 1. The number of piperidine rings is 1. The molecule has 2 aromatic rings. The van der Waals surface area contributed by atoms with Crippen LogP contribution in [0, 0.1) is 5.41 Å². The highest BCUT2D eigenvalue weighted by Crippen LogP contribution is 2.37. The van der Waals surface area contributed by atoms with Crippen molar-refractivity contribution in [2.45, 2.75) is 39.7 Å². The lowest BCUT2D eigenvalue weighted by Gasteiger charge is -2.40. The fourth-order valence-electron chi connectivity index (χ4n) is 4.20. The van der Waals surface area contributed by atoms with E-state index >= 15 is 0 Å². The Morgan fingerprint density at radius 3 is 2.40 bits per heavy atom. The predicted molar refractivity (Wildman–Crippen MR) is 117 cm³/mol.